The molecule has 148 valence electrons. The predicted octanol–water partition coefficient (Wildman–Crippen LogP) is 5.14. The molecule has 0 radical (unpaired) electrons. The van der Waals surface area contributed by atoms with Crippen molar-refractivity contribution in [1.29, 1.82) is 0 Å². The highest BCUT2D eigenvalue weighted by Gasteiger charge is 2.34. The highest BCUT2D eigenvalue weighted by Crippen LogP contribution is 2.36. The molecule has 1 aliphatic heterocycles. The van der Waals surface area contributed by atoms with Crippen molar-refractivity contribution < 1.29 is 9.59 Å². The van der Waals surface area contributed by atoms with Crippen molar-refractivity contribution in [3.05, 3.63) is 78.1 Å². The molecule has 0 saturated heterocycles. The van der Waals surface area contributed by atoms with Gasteiger partial charge in [-0.05, 0) is 30.2 Å². The molecule has 0 atom stereocenters. The first-order valence-electron chi connectivity index (χ1n) is 9.60. The van der Waals surface area contributed by atoms with Gasteiger partial charge in [0, 0.05) is 22.6 Å². The minimum atomic E-state index is -0.199. The molecule has 5 rings (SSSR count). The third-order valence-corrected chi connectivity index (χ3v) is 7.18. The third-order valence-electron chi connectivity index (χ3n) is 4.99. The fourth-order valence-electron chi connectivity index (χ4n) is 3.53. The van der Waals surface area contributed by atoms with Crippen LogP contribution in [0.3, 0.4) is 0 Å². The van der Waals surface area contributed by atoms with Gasteiger partial charge in [-0.2, -0.15) is 0 Å². The van der Waals surface area contributed by atoms with Crippen molar-refractivity contribution in [3.63, 3.8) is 0 Å². The molecule has 0 bridgehead atoms. The van der Waals surface area contributed by atoms with E-state index < -0.39 is 0 Å². The van der Waals surface area contributed by atoms with Crippen LogP contribution in [0.4, 0.5) is 0 Å². The Morgan fingerprint density at radius 2 is 1.60 bits per heavy atom. The van der Waals surface area contributed by atoms with Crippen LogP contribution in [-0.4, -0.2) is 39.0 Å². The summed E-state index contributed by atoms with van der Waals surface area (Å²) < 4.78 is 0. The minimum Gasteiger partial charge on any atom is -0.274 e. The van der Waals surface area contributed by atoms with E-state index in [0.29, 0.717) is 24.1 Å². The molecule has 5 nitrogen and oxygen atoms in total. The molecule has 0 fully saturated rings. The summed E-state index contributed by atoms with van der Waals surface area (Å²) in [5.74, 6) is 0.362. The number of aromatic nitrogens is 2. The molecule has 7 heteroatoms. The number of rotatable bonds is 6. The van der Waals surface area contributed by atoms with Gasteiger partial charge in [0.1, 0.15) is 16.2 Å². The van der Waals surface area contributed by atoms with Crippen molar-refractivity contribution in [2.75, 3.05) is 12.3 Å². The lowest BCUT2D eigenvalue weighted by atomic mass is 10.1. The molecule has 2 aromatic carbocycles. The van der Waals surface area contributed by atoms with Crippen molar-refractivity contribution >= 4 is 45.1 Å². The van der Waals surface area contributed by atoms with Gasteiger partial charge in [0.25, 0.3) is 11.8 Å². The van der Waals surface area contributed by atoms with E-state index in [4.69, 9.17) is 0 Å². The van der Waals surface area contributed by atoms with Crippen LogP contribution in [0.5, 0.6) is 0 Å². The lowest BCUT2D eigenvalue weighted by Gasteiger charge is -2.13. The summed E-state index contributed by atoms with van der Waals surface area (Å²) >= 11 is 3.29. The van der Waals surface area contributed by atoms with Gasteiger partial charge in [0.2, 0.25) is 0 Å². The second-order valence-corrected chi connectivity index (χ2v) is 9.00. The molecule has 3 heterocycles. The second-order valence-electron chi connectivity index (χ2n) is 6.88. The van der Waals surface area contributed by atoms with E-state index in [0.717, 1.165) is 21.0 Å². The summed E-state index contributed by atoms with van der Waals surface area (Å²) in [4.78, 5) is 37.3. The maximum absolute atomic E-state index is 12.5. The number of thioether (sulfide) groups is 1. The molecule has 0 N–H and O–H groups in total. The molecule has 1 aliphatic rings. The summed E-state index contributed by atoms with van der Waals surface area (Å²) in [6.45, 7) is 0.409. The van der Waals surface area contributed by atoms with E-state index in [1.807, 2.05) is 18.2 Å². The van der Waals surface area contributed by atoms with Crippen molar-refractivity contribution in [3.8, 4) is 10.4 Å². The molecular formula is C23H17N3O2S2. The molecule has 2 aromatic heterocycles. The quantitative estimate of drug-likeness (QED) is 0.183. The zero-order valence-corrected chi connectivity index (χ0v) is 17.6. The SMILES string of the molecule is O=C1c2ccccc2C(=O)N1CCCSc1ncnc2sc(-c3ccccc3)cc12. The maximum Gasteiger partial charge on any atom is 0.261 e. The monoisotopic (exact) mass is 431 g/mol. The van der Waals surface area contributed by atoms with E-state index >= 15 is 0 Å². The van der Waals surface area contributed by atoms with E-state index in [1.54, 1.807) is 53.7 Å². The summed E-state index contributed by atoms with van der Waals surface area (Å²) in [6.07, 6.45) is 2.30. The highest BCUT2D eigenvalue weighted by atomic mass is 32.2. The van der Waals surface area contributed by atoms with Gasteiger partial charge in [0.15, 0.2) is 0 Å². The lowest BCUT2D eigenvalue weighted by Crippen LogP contribution is -2.30. The number of carbonyl (C=O) groups excluding carboxylic acids is 2. The van der Waals surface area contributed by atoms with E-state index in [9.17, 15) is 9.59 Å². The number of nitrogens with zero attached hydrogens (tertiary/aromatic N) is 3. The first kappa shape index (κ1) is 19.0. The normalized spacial score (nSPS) is 13.3. The van der Waals surface area contributed by atoms with E-state index in [-0.39, 0.29) is 11.8 Å². The van der Waals surface area contributed by atoms with Crippen molar-refractivity contribution in [2.45, 2.75) is 11.4 Å². The number of fused-ring (bicyclic) bond motifs is 2. The zero-order chi connectivity index (χ0) is 20.5. The molecule has 0 aliphatic carbocycles. The van der Waals surface area contributed by atoms with Crippen LogP contribution in [0.15, 0.2) is 72.0 Å². The Bertz CT molecular complexity index is 1220. The predicted molar refractivity (Wildman–Crippen MR) is 120 cm³/mol. The Kier molecular flexibility index (Phi) is 5.06. The summed E-state index contributed by atoms with van der Waals surface area (Å²) in [7, 11) is 0. The molecule has 0 unspecified atom stereocenters. The zero-order valence-electron chi connectivity index (χ0n) is 15.9. The van der Waals surface area contributed by atoms with Crippen molar-refractivity contribution in [2.24, 2.45) is 0 Å². The molecule has 0 saturated carbocycles. The van der Waals surface area contributed by atoms with Gasteiger partial charge in [-0.1, -0.05) is 42.5 Å². The largest absolute Gasteiger partial charge is 0.274 e. The lowest BCUT2D eigenvalue weighted by molar-refractivity contribution is 0.0655. The van der Waals surface area contributed by atoms with Crippen molar-refractivity contribution in [1.82, 2.24) is 14.9 Å². The molecule has 0 spiro atoms. The van der Waals surface area contributed by atoms with Gasteiger partial charge < -0.3 is 0 Å². The number of thiophene rings is 1. The standard InChI is InChI=1S/C23H17N3O2S2/c27-22-16-9-4-5-10-17(16)23(28)26(22)11-6-12-29-20-18-13-19(15-7-2-1-3-8-15)30-21(18)25-14-24-20/h1-5,7-10,13-14H,6,11-12H2. The van der Waals surface area contributed by atoms with Crippen LogP contribution in [0.25, 0.3) is 20.7 Å². The first-order valence-corrected chi connectivity index (χ1v) is 11.4. The Labute approximate surface area is 181 Å². The first-order chi connectivity index (χ1) is 14.7. The average molecular weight is 432 g/mol. The van der Waals surface area contributed by atoms with Crippen LogP contribution in [0.2, 0.25) is 0 Å². The third kappa shape index (κ3) is 3.40. The summed E-state index contributed by atoms with van der Waals surface area (Å²) in [6, 6.07) is 19.4. The van der Waals surface area contributed by atoms with Crippen LogP contribution in [0, 0.1) is 0 Å². The number of hydrogen-bond donors (Lipinski definition) is 0. The molecular weight excluding hydrogens is 414 g/mol. The fourth-order valence-corrected chi connectivity index (χ4v) is 5.50. The second kappa shape index (κ2) is 8.01. The van der Waals surface area contributed by atoms with Gasteiger partial charge in [-0.15, -0.1) is 23.1 Å². The van der Waals surface area contributed by atoms with Crippen LogP contribution < -0.4 is 0 Å². The maximum atomic E-state index is 12.5. The smallest absolute Gasteiger partial charge is 0.261 e. The number of benzene rings is 2. The molecule has 4 aromatic rings. The van der Waals surface area contributed by atoms with Gasteiger partial charge in [0.05, 0.1) is 11.1 Å². The Morgan fingerprint density at radius 3 is 2.33 bits per heavy atom. The fraction of sp³-hybridized carbons (Fsp3) is 0.130. The minimum absolute atomic E-state index is 0.199. The van der Waals surface area contributed by atoms with Gasteiger partial charge in [-0.25, -0.2) is 9.97 Å². The Balaban J connectivity index is 1.26. The van der Waals surface area contributed by atoms with Crippen LogP contribution in [0.1, 0.15) is 27.1 Å². The molecule has 2 amide bonds. The van der Waals surface area contributed by atoms with E-state index in [2.05, 4.69) is 28.2 Å². The van der Waals surface area contributed by atoms with Gasteiger partial charge >= 0.3 is 0 Å². The number of carbonyl (C=O) groups is 2. The molecule has 30 heavy (non-hydrogen) atoms. The highest BCUT2D eigenvalue weighted by molar-refractivity contribution is 7.99. The topological polar surface area (TPSA) is 63.2 Å². The summed E-state index contributed by atoms with van der Waals surface area (Å²) in [5.41, 5.74) is 2.17. The Morgan fingerprint density at radius 1 is 0.900 bits per heavy atom. The van der Waals surface area contributed by atoms with Crippen LogP contribution in [-0.2, 0) is 0 Å². The number of amides is 2. The summed E-state index contributed by atoms with van der Waals surface area (Å²) in [5, 5.41) is 1.98. The average Bonchev–Trinajstić information content (AvgIpc) is 3.33. The van der Waals surface area contributed by atoms with E-state index in [1.165, 1.54) is 15.3 Å². The number of hydrogen-bond acceptors (Lipinski definition) is 6. The van der Waals surface area contributed by atoms with Crippen LogP contribution >= 0.6 is 23.1 Å². The number of imide groups is 1. The Hall–Kier alpha value is -3.03. The van der Waals surface area contributed by atoms with Gasteiger partial charge in [-0.3, -0.25) is 14.5 Å².